The molecule has 19 heavy (non-hydrogen) atoms. The minimum absolute atomic E-state index is 0.0644. The average Bonchev–Trinajstić information content (AvgIpc) is 2.37. The highest BCUT2D eigenvalue weighted by atomic mass is 35.5. The Morgan fingerprint density at radius 1 is 1.53 bits per heavy atom. The van der Waals surface area contributed by atoms with E-state index in [0.717, 1.165) is 12.8 Å². The fourth-order valence-electron chi connectivity index (χ4n) is 1.58. The fraction of sp³-hybridized carbons (Fsp3) is 0.500. The van der Waals surface area contributed by atoms with Crippen molar-refractivity contribution < 1.29 is 14.6 Å². The summed E-state index contributed by atoms with van der Waals surface area (Å²) in [6.07, 6.45) is 1.28. The van der Waals surface area contributed by atoms with E-state index in [9.17, 15) is 9.90 Å². The van der Waals surface area contributed by atoms with E-state index in [1.807, 2.05) is 0 Å². The number of carbonyl (C=O) groups excluding carboxylic acids is 1. The van der Waals surface area contributed by atoms with Crippen molar-refractivity contribution in [2.45, 2.75) is 32.8 Å². The topological polar surface area (TPSA) is 58.6 Å². The van der Waals surface area contributed by atoms with Gasteiger partial charge in [0.25, 0.3) is 5.91 Å². The van der Waals surface area contributed by atoms with E-state index in [-0.39, 0.29) is 12.5 Å². The third kappa shape index (κ3) is 5.49. The molecule has 0 bridgehead atoms. The van der Waals surface area contributed by atoms with Gasteiger partial charge in [-0.3, -0.25) is 4.79 Å². The van der Waals surface area contributed by atoms with Crippen LogP contribution in [0.3, 0.4) is 0 Å². The van der Waals surface area contributed by atoms with E-state index in [2.05, 4.69) is 12.2 Å². The van der Waals surface area contributed by atoms with Gasteiger partial charge >= 0.3 is 0 Å². The zero-order chi connectivity index (χ0) is 14.3. The Labute approximate surface area is 118 Å². The summed E-state index contributed by atoms with van der Waals surface area (Å²) < 4.78 is 5.42. The van der Waals surface area contributed by atoms with Crippen LogP contribution in [-0.4, -0.2) is 24.2 Å². The number of unbranched alkanes of at least 4 members (excludes halogenated alkanes) is 1. The van der Waals surface area contributed by atoms with Crippen molar-refractivity contribution in [2.24, 2.45) is 0 Å². The predicted molar refractivity (Wildman–Crippen MR) is 75.5 cm³/mol. The lowest BCUT2D eigenvalue weighted by Crippen LogP contribution is -2.29. The first-order chi connectivity index (χ1) is 9.04. The van der Waals surface area contributed by atoms with Crippen molar-refractivity contribution in [3.05, 3.63) is 28.8 Å². The number of halogens is 1. The first-order valence-electron chi connectivity index (χ1n) is 6.41. The van der Waals surface area contributed by atoms with Crippen LogP contribution in [0.5, 0.6) is 5.75 Å². The molecule has 0 saturated carbocycles. The number of rotatable bonds is 7. The fourth-order valence-corrected chi connectivity index (χ4v) is 1.76. The number of aliphatic hydroxyl groups excluding tert-OH is 1. The predicted octanol–water partition coefficient (Wildman–Crippen LogP) is 2.69. The monoisotopic (exact) mass is 285 g/mol. The van der Waals surface area contributed by atoms with Gasteiger partial charge in [-0.1, -0.05) is 24.9 Å². The second-order valence-corrected chi connectivity index (χ2v) is 4.79. The van der Waals surface area contributed by atoms with Crippen LogP contribution >= 0.6 is 11.6 Å². The standard InChI is InChI=1S/C14H20ClNO3/c1-3-4-7-16-14(18)9-19-13-6-5-11(15)8-12(13)10(2)17/h5-6,8,10,17H,3-4,7,9H2,1-2H3,(H,16,18)/t10-/m0/s1. The molecule has 0 aliphatic heterocycles. The maximum atomic E-state index is 11.5. The molecular formula is C14H20ClNO3. The normalized spacial score (nSPS) is 12.0. The summed E-state index contributed by atoms with van der Waals surface area (Å²) in [4.78, 5) is 11.5. The highest BCUT2D eigenvalue weighted by molar-refractivity contribution is 6.30. The van der Waals surface area contributed by atoms with Gasteiger partial charge in [0, 0.05) is 17.1 Å². The van der Waals surface area contributed by atoms with Crippen molar-refractivity contribution in [3.8, 4) is 5.75 Å². The molecule has 0 radical (unpaired) electrons. The summed E-state index contributed by atoms with van der Waals surface area (Å²) in [6, 6.07) is 4.96. The molecule has 1 amide bonds. The van der Waals surface area contributed by atoms with Gasteiger partial charge in [0.1, 0.15) is 5.75 Å². The summed E-state index contributed by atoms with van der Waals surface area (Å²) in [7, 11) is 0. The zero-order valence-electron chi connectivity index (χ0n) is 11.3. The van der Waals surface area contributed by atoms with Crippen LogP contribution < -0.4 is 10.1 Å². The number of benzene rings is 1. The average molecular weight is 286 g/mol. The first kappa shape index (κ1) is 15.8. The van der Waals surface area contributed by atoms with Crippen LogP contribution in [0.25, 0.3) is 0 Å². The molecule has 0 unspecified atom stereocenters. The molecule has 0 fully saturated rings. The molecule has 1 rings (SSSR count). The molecule has 0 aliphatic carbocycles. The van der Waals surface area contributed by atoms with Gasteiger partial charge in [-0.2, -0.15) is 0 Å². The third-order valence-electron chi connectivity index (χ3n) is 2.63. The minimum Gasteiger partial charge on any atom is -0.483 e. The van der Waals surface area contributed by atoms with Gasteiger partial charge in [0.15, 0.2) is 6.61 Å². The van der Waals surface area contributed by atoms with Gasteiger partial charge in [-0.05, 0) is 31.5 Å². The highest BCUT2D eigenvalue weighted by Crippen LogP contribution is 2.28. The Hall–Kier alpha value is -1.26. The minimum atomic E-state index is -0.697. The van der Waals surface area contributed by atoms with Crippen LogP contribution in [0.15, 0.2) is 18.2 Å². The van der Waals surface area contributed by atoms with Gasteiger partial charge in [0.2, 0.25) is 0 Å². The Balaban J connectivity index is 2.55. The van der Waals surface area contributed by atoms with E-state index in [0.29, 0.717) is 22.9 Å². The largest absolute Gasteiger partial charge is 0.483 e. The summed E-state index contributed by atoms with van der Waals surface area (Å²) in [6.45, 7) is 4.28. The molecule has 0 heterocycles. The Morgan fingerprint density at radius 2 is 2.26 bits per heavy atom. The van der Waals surface area contributed by atoms with Crippen molar-refractivity contribution >= 4 is 17.5 Å². The summed E-state index contributed by atoms with van der Waals surface area (Å²) in [5.41, 5.74) is 0.578. The van der Waals surface area contributed by atoms with E-state index in [1.165, 1.54) is 0 Å². The summed E-state index contributed by atoms with van der Waals surface area (Å²) in [5.74, 6) is 0.310. The molecule has 106 valence electrons. The number of hydrogen-bond acceptors (Lipinski definition) is 3. The Morgan fingerprint density at radius 3 is 2.89 bits per heavy atom. The smallest absolute Gasteiger partial charge is 0.257 e. The number of aliphatic hydroxyl groups is 1. The second kappa shape index (κ2) is 8.02. The van der Waals surface area contributed by atoms with Crippen molar-refractivity contribution in [1.82, 2.24) is 5.32 Å². The van der Waals surface area contributed by atoms with Crippen LogP contribution in [-0.2, 0) is 4.79 Å². The SMILES string of the molecule is CCCCNC(=O)COc1ccc(Cl)cc1[C@H](C)O. The molecule has 4 nitrogen and oxygen atoms in total. The Kier molecular flexibility index (Phi) is 6.67. The lowest BCUT2D eigenvalue weighted by molar-refractivity contribution is -0.123. The van der Waals surface area contributed by atoms with E-state index in [4.69, 9.17) is 16.3 Å². The van der Waals surface area contributed by atoms with E-state index >= 15 is 0 Å². The van der Waals surface area contributed by atoms with Crippen molar-refractivity contribution in [2.75, 3.05) is 13.2 Å². The maximum Gasteiger partial charge on any atom is 0.257 e. The van der Waals surface area contributed by atoms with Crippen LogP contribution in [0.4, 0.5) is 0 Å². The molecule has 1 atom stereocenters. The number of carbonyl (C=O) groups is 1. The lowest BCUT2D eigenvalue weighted by Gasteiger charge is -2.13. The van der Waals surface area contributed by atoms with Gasteiger partial charge in [-0.15, -0.1) is 0 Å². The number of amides is 1. The van der Waals surface area contributed by atoms with Gasteiger partial charge in [-0.25, -0.2) is 0 Å². The van der Waals surface area contributed by atoms with Crippen LogP contribution in [0.1, 0.15) is 38.4 Å². The Bertz CT molecular complexity index is 421. The molecule has 0 aromatic heterocycles. The highest BCUT2D eigenvalue weighted by Gasteiger charge is 2.11. The third-order valence-corrected chi connectivity index (χ3v) is 2.87. The molecular weight excluding hydrogens is 266 g/mol. The second-order valence-electron chi connectivity index (χ2n) is 4.35. The molecule has 1 aromatic carbocycles. The number of ether oxygens (including phenoxy) is 1. The lowest BCUT2D eigenvalue weighted by atomic mass is 10.1. The molecule has 2 N–H and O–H groups in total. The molecule has 0 saturated heterocycles. The molecule has 0 spiro atoms. The molecule has 5 heteroatoms. The van der Waals surface area contributed by atoms with E-state index < -0.39 is 6.10 Å². The van der Waals surface area contributed by atoms with Crippen molar-refractivity contribution in [3.63, 3.8) is 0 Å². The first-order valence-corrected chi connectivity index (χ1v) is 6.79. The summed E-state index contributed by atoms with van der Waals surface area (Å²) in [5, 5.41) is 12.9. The number of nitrogens with one attached hydrogen (secondary N) is 1. The maximum absolute atomic E-state index is 11.5. The quantitative estimate of drug-likeness (QED) is 0.757. The van der Waals surface area contributed by atoms with Crippen molar-refractivity contribution in [1.29, 1.82) is 0 Å². The molecule has 1 aromatic rings. The summed E-state index contributed by atoms with van der Waals surface area (Å²) >= 11 is 5.86. The van der Waals surface area contributed by atoms with E-state index in [1.54, 1.807) is 25.1 Å². The zero-order valence-corrected chi connectivity index (χ0v) is 12.0. The van der Waals surface area contributed by atoms with Crippen LogP contribution in [0.2, 0.25) is 5.02 Å². The molecule has 0 aliphatic rings. The van der Waals surface area contributed by atoms with Crippen LogP contribution in [0, 0.1) is 0 Å². The van der Waals surface area contributed by atoms with Gasteiger partial charge < -0.3 is 15.2 Å². The number of hydrogen-bond donors (Lipinski definition) is 2. The van der Waals surface area contributed by atoms with Gasteiger partial charge in [0.05, 0.1) is 6.10 Å².